The van der Waals surface area contributed by atoms with Crippen molar-refractivity contribution in [3.63, 3.8) is 0 Å². The molecule has 0 saturated carbocycles. The molecule has 0 aliphatic heterocycles. The van der Waals surface area contributed by atoms with Crippen molar-refractivity contribution >= 4 is 36.0 Å². The number of sulfone groups is 2. The lowest BCUT2D eigenvalue weighted by Gasteiger charge is -2.13. The van der Waals surface area contributed by atoms with E-state index in [2.05, 4.69) is 10.3 Å². The molecule has 0 fully saturated rings. The maximum absolute atomic E-state index is 13.3. The second-order valence-electron chi connectivity index (χ2n) is 6.75. The topological polar surface area (TPSA) is 102 Å². The minimum absolute atomic E-state index is 0.0458. The Morgan fingerprint density at radius 3 is 2.17 bits per heavy atom. The molecule has 1 atom stereocenters. The lowest BCUT2D eigenvalue weighted by Crippen LogP contribution is -2.21. The summed E-state index contributed by atoms with van der Waals surface area (Å²) in [6, 6.07) is 13.9. The number of benzene rings is 2. The average molecular weight is 467 g/mol. The molecule has 2 aromatic carbocycles. The Labute approximate surface area is 180 Å². The molecule has 3 aromatic rings. The molecule has 1 heterocycles. The molecule has 0 aliphatic carbocycles. The molecule has 0 radical (unpaired) electrons. The summed E-state index contributed by atoms with van der Waals surface area (Å²) >= 11 is 0.795. The van der Waals surface area contributed by atoms with Gasteiger partial charge in [0.1, 0.15) is 5.00 Å². The van der Waals surface area contributed by atoms with E-state index in [1.165, 1.54) is 31.4 Å². The molecule has 1 N–H and O–H groups in total. The van der Waals surface area contributed by atoms with E-state index in [0.717, 1.165) is 16.9 Å². The molecule has 0 saturated heterocycles. The Hall–Kier alpha value is -2.27. The molecule has 3 rings (SSSR count). The van der Waals surface area contributed by atoms with E-state index in [0.29, 0.717) is 6.61 Å². The van der Waals surface area contributed by atoms with Crippen LogP contribution in [0.2, 0.25) is 0 Å². The SMILES string of the molecule is COC[C@@H](C)Nc1sc(S(=O)(=O)c2ccccc2)nc1S(=O)(=O)c1ccc(C)cc1. The molecule has 0 spiro atoms. The Morgan fingerprint density at radius 1 is 0.967 bits per heavy atom. The van der Waals surface area contributed by atoms with E-state index in [1.807, 2.05) is 6.92 Å². The normalized spacial score (nSPS) is 13.2. The molecular formula is C20H22N2O5S3. The van der Waals surface area contributed by atoms with Gasteiger partial charge in [-0.2, -0.15) is 0 Å². The number of aryl methyl sites for hydroxylation is 1. The minimum Gasteiger partial charge on any atom is -0.383 e. The minimum atomic E-state index is -4.04. The predicted molar refractivity (Wildman–Crippen MR) is 116 cm³/mol. The number of hydrogen-bond donors (Lipinski definition) is 1. The molecule has 0 amide bonds. The number of nitrogens with zero attached hydrogens (tertiary/aromatic N) is 1. The van der Waals surface area contributed by atoms with Crippen LogP contribution in [-0.2, 0) is 24.4 Å². The van der Waals surface area contributed by atoms with Crippen LogP contribution in [0.25, 0.3) is 0 Å². The molecule has 30 heavy (non-hydrogen) atoms. The zero-order chi connectivity index (χ0) is 21.9. The van der Waals surface area contributed by atoms with E-state index in [4.69, 9.17) is 4.74 Å². The first-order valence-electron chi connectivity index (χ1n) is 9.04. The maximum atomic E-state index is 13.3. The second kappa shape index (κ2) is 8.84. The van der Waals surface area contributed by atoms with Crippen LogP contribution in [0, 0.1) is 6.92 Å². The Bertz CT molecular complexity index is 1220. The first-order valence-corrected chi connectivity index (χ1v) is 12.8. The van der Waals surface area contributed by atoms with Gasteiger partial charge in [0.15, 0.2) is 5.03 Å². The number of aromatic nitrogens is 1. The Balaban J connectivity index is 2.15. The van der Waals surface area contributed by atoms with E-state index in [-0.39, 0.29) is 30.2 Å². The summed E-state index contributed by atoms with van der Waals surface area (Å²) in [5.41, 5.74) is 0.909. The average Bonchev–Trinajstić information content (AvgIpc) is 3.14. The first kappa shape index (κ1) is 22.4. The summed E-state index contributed by atoms with van der Waals surface area (Å²) in [5, 5.41) is 2.88. The highest BCUT2D eigenvalue weighted by Gasteiger charge is 2.31. The summed E-state index contributed by atoms with van der Waals surface area (Å²) < 4.78 is 57.4. The standard InChI is InChI=1S/C20H22N2O5S3/c1-14-9-11-17(12-10-14)29(23,24)19-18(21-15(2)13-27-3)28-20(22-19)30(25,26)16-7-5-4-6-8-16/h4-12,15,21H,13H2,1-3H3/t15-/m1/s1. The number of methoxy groups -OCH3 is 1. The summed E-state index contributed by atoms with van der Waals surface area (Å²) in [6.07, 6.45) is 0. The van der Waals surface area contributed by atoms with Gasteiger partial charge < -0.3 is 10.1 Å². The fourth-order valence-corrected chi connectivity index (χ4v) is 7.13. The Morgan fingerprint density at radius 2 is 1.57 bits per heavy atom. The zero-order valence-corrected chi connectivity index (χ0v) is 19.1. The molecule has 160 valence electrons. The molecule has 1 aromatic heterocycles. The lowest BCUT2D eigenvalue weighted by molar-refractivity contribution is 0.190. The summed E-state index contributed by atoms with van der Waals surface area (Å²) in [6.45, 7) is 3.96. The lowest BCUT2D eigenvalue weighted by atomic mass is 10.2. The summed E-state index contributed by atoms with van der Waals surface area (Å²) in [4.78, 5) is 4.18. The number of hydrogen-bond acceptors (Lipinski definition) is 8. The maximum Gasteiger partial charge on any atom is 0.233 e. The van der Waals surface area contributed by atoms with Gasteiger partial charge in [0.05, 0.1) is 16.4 Å². The van der Waals surface area contributed by atoms with Gasteiger partial charge in [-0.15, -0.1) is 0 Å². The van der Waals surface area contributed by atoms with Crippen LogP contribution in [0.5, 0.6) is 0 Å². The van der Waals surface area contributed by atoms with Gasteiger partial charge in [0.25, 0.3) is 0 Å². The van der Waals surface area contributed by atoms with Crippen molar-refractivity contribution in [3.8, 4) is 0 Å². The van der Waals surface area contributed by atoms with Crippen molar-refractivity contribution in [2.75, 3.05) is 19.0 Å². The molecule has 0 unspecified atom stereocenters. The van der Waals surface area contributed by atoms with Gasteiger partial charge in [-0.1, -0.05) is 47.2 Å². The highest BCUT2D eigenvalue weighted by Crippen LogP contribution is 2.37. The smallest absolute Gasteiger partial charge is 0.233 e. The fraction of sp³-hybridized carbons (Fsp3) is 0.250. The van der Waals surface area contributed by atoms with Crippen LogP contribution in [0.15, 0.2) is 73.8 Å². The van der Waals surface area contributed by atoms with Crippen molar-refractivity contribution in [1.29, 1.82) is 0 Å². The highest BCUT2D eigenvalue weighted by molar-refractivity contribution is 7.94. The number of rotatable bonds is 8. The van der Waals surface area contributed by atoms with Crippen molar-refractivity contribution < 1.29 is 21.6 Å². The first-order chi connectivity index (χ1) is 14.2. The van der Waals surface area contributed by atoms with Gasteiger partial charge in [-0.3, -0.25) is 0 Å². The van der Waals surface area contributed by atoms with Crippen LogP contribution < -0.4 is 5.32 Å². The number of nitrogens with one attached hydrogen (secondary N) is 1. The van der Waals surface area contributed by atoms with E-state index >= 15 is 0 Å². The number of anilines is 1. The van der Waals surface area contributed by atoms with E-state index in [1.54, 1.807) is 37.3 Å². The monoisotopic (exact) mass is 466 g/mol. The van der Waals surface area contributed by atoms with Crippen LogP contribution >= 0.6 is 11.3 Å². The van der Waals surface area contributed by atoms with Crippen LogP contribution in [-0.4, -0.2) is 41.6 Å². The summed E-state index contributed by atoms with van der Waals surface area (Å²) in [7, 11) is -6.48. The van der Waals surface area contributed by atoms with Crippen molar-refractivity contribution in [1.82, 2.24) is 4.98 Å². The van der Waals surface area contributed by atoms with Crippen LogP contribution in [0.1, 0.15) is 12.5 Å². The van der Waals surface area contributed by atoms with Crippen molar-refractivity contribution in [3.05, 3.63) is 60.2 Å². The second-order valence-corrected chi connectivity index (χ2v) is 11.7. The number of ether oxygens (including phenoxy) is 1. The van der Waals surface area contributed by atoms with Gasteiger partial charge in [0.2, 0.25) is 24.0 Å². The van der Waals surface area contributed by atoms with Crippen molar-refractivity contribution in [2.24, 2.45) is 0 Å². The van der Waals surface area contributed by atoms with Crippen LogP contribution in [0.4, 0.5) is 5.00 Å². The van der Waals surface area contributed by atoms with Gasteiger partial charge in [-0.05, 0) is 38.1 Å². The summed E-state index contributed by atoms with van der Waals surface area (Å²) in [5.74, 6) is 0. The van der Waals surface area contributed by atoms with Gasteiger partial charge in [0, 0.05) is 13.2 Å². The highest BCUT2D eigenvalue weighted by atomic mass is 32.2. The third-order valence-electron chi connectivity index (χ3n) is 4.24. The van der Waals surface area contributed by atoms with E-state index in [9.17, 15) is 16.8 Å². The largest absolute Gasteiger partial charge is 0.383 e. The van der Waals surface area contributed by atoms with Crippen molar-refractivity contribution in [2.45, 2.75) is 39.0 Å². The third-order valence-corrected chi connectivity index (χ3v) is 9.20. The van der Waals surface area contributed by atoms with Gasteiger partial charge in [-0.25, -0.2) is 21.8 Å². The zero-order valence-electron chi connectivity index (χ0n) is 16.7. The third kappa shape index (κ3) is 4.56. The molecule has 7 nitrogen and oxygen atoms in total. The van der Waals surface area contributed by atoms with Gasteiger partial charge >= 0.3 is 0 Å². The molecule has 10 heteroatoms. The molecule has 0 bridgehead atoms. The molecular weight excluding hydrogens is 444 g/mol. The Kier molecular flexibility index (Phi) is 6.61. The molecule has 0 aliphatic rings. The van der Waals surface area contributed by atoms with Crippen LogP contribution in [0.3, 0.4) is 0 Å². The quantitative estimate of drug-likeness (QED) is 0.541. The fourth-order valence-electron chi connectivity index (χ4n) is 2.72. The van der Waals surface area contributed by atoms with E-state index < -0.39 is 19.7 Å². The predicted octanol–water partition coefficient (Wildman–Crippen LogP) is 3.56. The number of thiazole rings is 1.